The molecular weight excluding hydrogens is 258 g/mol. The Hall–Kier alpha value is -1.02. The molecule has 1 aromatic carbocycles. The molecule has 118 valence electrons. The van der Waals surface area contributed by atoms with E-state index in [9.17, 15) is 0 Å². The summed E-state index contributed by atoms with van der Waals surface area (Å²) < 4.78 is 6.09. The van der Waals surface area contributed by atoms with E-state index in [1.165, 1.54) is 62.5 Å². The van der Waals surface area contributed by atoms with Crippen molar-refractivity contribution in [3.05, 3.63) is 29.3 Å². The molecule has 2 rings (SSSR count). The molecule has 2 heteroatoms. The minimum absolute atomic E-state index is 0.747. The van der Waals surface area contributed by atoms with Gasteiger partial charge < -0.3 is 10.1 Å². The zero-order valence-corrected chi connectivity index (χ0v) is 13.8. The normalized spacial score (nSPS) is 14.4. The van der Waals surface area contributed by atoms with Crippen molar-refractivity contribution in [1.82, 2.24) is 5.32 Å². The lowest BCUT2D eigenvalue weighted by atomic mass is 10.1. The molecule has 1 N–H and O–H groups in total. The molecule has 2 nitrogen and oxygen atoms in total. The molecule has 1 aliphatic rings. The predicted octanol–water partition coefficient (Wildman–Crippen LogP) is 4.99. The second-order valence-electron chi connectivity index (χ2n) is 6.33. The number of ether oxygens (including phenoxy) is 1. The number of rotatable bonds is 11. The van der Waals surface area contributed by atoms with Gasteiger partial charge in [-0.1, -0.05) is 57.2 Å². The van der Waals surface area contributed by atoms with Gasteiger partial charge in [0.15, 0.2) is 0 Å². The molecule has 21 heavy (non-hydrogen) atoms. The van der Waals surface area contributed by atoms with Crippen LogP contribution in [0, 0.1) is 6.92 Å². The first-order valence-corrected chi connectivity index (χ1v) is 8.76. The van der Waals surface area contributed by atoms with Crippen molar-refractivity contribution in [2.45, 2.75) is 77.8 Å². The quantitative estimate of drug-likeness (QED) is 0.580. The summed E-state index contributed by atoms with van der Waals surface area (Å²) in [4.78, 5) is 0. The summed E-state index contributed by atoms with van der Waals surface area (Å²) in [6.45, 7) is 6.21. The number of para-hydroxylation sites is 1. The Bertz CT molecular complexity index is 412. The van der Waals surface area contributed by atoms with Gasteiger partial charge in [0, 0.05) is 18.2 Å². The molecule has 1 fully saturated rings. The Morgan fingerprint density at radius 1 is 1.10 bits per heavy atom. The maximum absolute atomic E-state index is 6.09. The molecule has 0 spiro atoms. The average Bonchev–Trinajstić information content (AvgIpc) is 3.30. The van der Waals surface area contributed by atoms with E-state index in [1.807, 2.05) is 0 Å². The number of hydrogen-bond donors (Lipinski definition) is 1. The highest BCUT2D eigenvalue weighted by Crippen LogP contribution is 2.26. The van der Waals surface area contributed by atoms with Crippen molar-refractivity contribution < 1.29 is 4.74 Å². The summed E-state index contributed by atoms with van der Waals surface area (Å²) in [5.41, 5.74) is 2.57. The molecule has 0 heterocycles. The first-order valence-electron chi connectivity index (χ1n) is 8.76. The van der Waals surface area contributed by atoms with Crippen molar-refractivity contribution in [3.63, 3.8) is 0 Å². The number of hydrogen-bond acceptors (Lipinski definition) is 2. The van der Waals surface area contributed by atoms with Gasteiger partial charge in [-0.05, 0) is 31.7 Å². The third kappa shape index (κ3) is 6.09. The number of aryl methyl sites for hydroxylation is 1. The lowest BCUT2D eigenvalue weighted by Gasteiger charge is -2.14. The summed E-state index contributed by atoms with van der Waals surface area (Å²) >= 11 is 0. The molecule has 1 aromatic rings. The maximum atomic E-state index is 6.09. The van der Waals surface area contributed by atoms with Crippen LogP contribution in [-0.2, 0) is 6.54 Å². The first kappa shape index (κ1) is 16.4. The largest absolute Gasteiger partial charge is 0.493 e. The van der Waals surface area contributed by atoms with Gasteiger partial charge in [0.2, 0.25) is 0 Å². The predicted molar refractivity (Wildman–Crippen MR) is 89.9 cm³/mol. The van der Waals surface area contributed by atoms with Crippen LogP contribution in [0.4, 0.5) is 0 Å². The van der Waals surface area contributed by atoms with Crippen molar-refractivity contribution in [1.29, 1.82) is 0 Å². The SMILES string of the molecule is CCCCCCCCOc1c(C)cccc1CNC1CC1. The molecule has 0 atom stereocenters. The number of nitrogens with one attached hydrogen (secondary N) is 1. The molecule has 0 saturated heterocycles. The topological polar surface area (TPSA) is 21.3 Å². The van der Waals surface area contributed by atoms with Crippen LogP contribution in [0.25, 0.3) is 0 Å². The minimum Gasteiger partial charge on any atom is -0.493 e. The average molecular weight is 289 g/mol. The third-order valence-corrected chi connectivity index (χ3v) is 4.20. The lowest BCUT2D eigenvalue weighted by Crippen LogP contribution is -2.16. The molecule has 0 aromatic heterocycles. The fourth-order valence-electron chi connectivity index (χ4n) is 2.66. The number of unbranched alkanes of at least 4 members (excludes halogenated alkanes) is 5. The third-order valence-electron chi connectivity index (χ3n) is 4.20. The van der Waals surface area contributed by atoms with Gasteiger partial charge in [-0.15, -0.1) is 0 Å². The van der Waals surface area contributed by atoms with E-state index in [0.29, 0.717) is 0 Å². The molecule has 0 amide bonds. The van der Waals surface area contributed by atoms with Gasteiger partial charge in [0.25, 0.3) is 0 Å². The maximum Gasteiger partial charge on any atom is 0.126 e. The van der Waals surface area contributed by atoms with Gasteiger partial charge in [0.1, 0.15) is 5.75 Å². The van der Waals surface area contributed by atoms with Crippen LogP contribution >= 0.6 is 0 Å². The molecule has 1 saturated carbocycles. The summed E-state index contributed by atoms with van der Waals surface area (Å²) in [6.07, 6.45) is 10.5. The Balaban J connectivity index is 1.72. The van der Waals surface area contributed by atoms with E-state index < -0.39 is 0 Å². The van der Waals surface area contributed by atoms with Crippen LogP contribution in [0.5, 0.6) is 5.75 Å². The zero-order valence-electron chi connectivity index (χ0n) is 13.8. The molecular formula is C19H31NO. The van der Waals surface area contributed by atoms with Crippen LogP contribution < -0.4 is 10.1 Å². The highest BCUT2D eigenvalue weighted by Gasteiger charge is 2.20. The highest BCUT2D eigenvalue weighted by molar-refractivity contribution is 5.40. The molecule has 0 aliphatic heterocycles. The Labute approximate surface area is 130 Å². The lowest BCUT2D eigenvalue weighted by molar-refractivity contribution is 0.298. The highest BCUT2D eigenvalue weighted by atomic mass is 16.5. The standard InChI is InChI=1S/C19H31NO/c1-3-4-5-6-7-8-14-21-19-16(2)10-9-11-17(19)15-20-18-12-13-18/h9-11,18,20H,3-8,12-15H2,1-2H3. The van der Waals surface area contributed by atoms with Crippen LogP contribution in [0.1, 0.15) is 69.4 Å². The Morgan fingerprint density at radius 3 is 2.62 bits per heavy atom. The second-order valence-corrected chi connectivity index (χ2v) is 6.33. The van der Waals surface area contributed by atoms with Crippen LogP contribution in [-0.4, -0.2) is 12.6 Å². The van der Waals surface area contributed by atoms with Gasteiger partial charge >= 0.3 is 0 Å². The Kier molecular flexibility index (Phi) is 7.08. The van der Waals surface area contributed by atoms with Crippen LogP contribution in [0.3, 0.4) is 0 Å². The summed E-state index contributed by atoms with van der Waals surface area (Å²) in [7, 11) is 0. The number of benzene rings is 1. The van der Waals surface area contributed by atoms with Gasteiger partial charge in [-0.25, -0.2) is 0 Å². The van der Waals surface area contributed by atoms with Crippen molar-refractivity contribution in [3.8, 4) is 5.75 Å². The van der Waals surface area contributed by atoms with E-state index in [-0.39, 0.29) is 0 Å². The van der Waals surface area contributed by atoms with E-state index in [1.54, 1.807) is 0 Å². The minimum atomic E-state index is 0.747. The van der Waals surface area contributed by atoms with E-state index in [0.717, 1.165) is 24.9 Å². The fourth-order valence-corrected chi connectivity index (χ4v) is 2.66. The van der Waals surface area contributed by atoms with Crippen molar-refractivity contribution in [2.75, 3.05) is 6.61 Å². The fraction of sp³-hybridized carbons (Fsp3) is 0.684. The molecule has 0 unspecified atom stereocenters. The van der Waals surface area contributed by atoms with E-state index in [2.05, 4.69) is 37.4 Å². The summed E-state index contributed by atoms with van der Waals surface area (Å²) in [5, 5.41) is 3.59. The van der Waals surface area contributed by atoms with Gasteiger partial charge in [0.05, 0.1) is 6.61 Å². The zero-order chi connectivity index (χ0) is 14.9. The molecule has 0 bridgehead atoms. The van der Waals surface area contributed by atoms with Crippen LogP contribution in [0.15, 0.2) is 18.2 Å². The molecule has 0 radical (unpaired) electrons. The Morgan fingerprint density at radius 2 is 1.86 bits per heavy atom. The smallest absolute Gasteiger partial charge is 0.126 e. The van der Waals surface area contributed by atoms with Crippen molar-refractivity contribution >= 4 is 0 Å². The monoisotopic (exact) mass is 289 g/mol. The summed E-state index contributed by atoms with van der Waals surface area (Å²) in [6, 6.07) is 7.23. The molecule has 1 aliphatic carbocycles. The van der Waals surface area contributed by atoms with Gasteiger partial charge in [-0.2, -0.15) is 0 Å². The second kappa shape index (κ2) is 9.09. The van der Waals surface area contributed by atoms with E-state index in [4.69, 9.17) is 4.74 Å². The van der Waals surface area contributed by atoms with Crippen molar-refractivity contribution in [2.24, 2.45) is 0 Å². The summed E-state index contributed by atoms with van der Waals surface area (Å²) in [5.74, 6) is 1.11. The van der Waals surface area contributed by atoms with Crippen LogP contribution in [0.2, 0.25) is 0 Å². The first-order chi connectivity index (χ1) is 10.3. The van der Waals surface area contributed by atoms with Gasteiger partial charge in [-0.3, -0.25) is 0 Å². The van der Waals surface area contributed by atoms with E-state index >= 15 is 0 Å².